The quantitative estimate of drug-likeness (QED) is 0.144. The Balaban J connectivity index is 1.27. The maximum absolute atomic E-state index is 12.1. The Morgan fingerprint density at radius 2 is 1.11 bits per heavy atom. The highest BCUT2D eigenvalue weighted by Gasteiger charge is 2.03. The van der Waals surface area contributed by atoms with Gasteiger partial charge in [-0.25, -0.2) is 0 Å². The second kappa shape index (κ2) is 21.3. The van der Waals surface area contributed by atoms with Gasteiger partial charge in [-0.15, -0.1) is 0 Å². The Morgan fingerprint density at radius 3 is 1.64 bits per heavy atom. The number of unbranched alkanes of at least 4 members (excludes halogenated alkanes) is 19. The van der Waals surface area contributed by atoms with E-state index in [1.165, 1.54) is 133 Å². The van der Waals surface area contributed by atoms with Crippen molar-refractivity contribution >= 4 is 16.8 Å². The minimum absolute atomic E-state index is 0.203. The summed E-state index contributed by atoms with van der Waals surface area (Å²) in [5, 5.41) is 4.34. The number of nitrogens with one attached hydrogen (secondary N) is 1. The van der Waals surface area contributed by atoms with Crippen LogP contribution in [-0.2, 0) is 11.3 Å². The van der Waals surface area contributed by atoms with E-state index in [-0.39, 0.29) is 5.91 Å². The lowest BCUT2D eigenvalue weighted by Gasteiger charge is -2.08. The van der Waals surface area contributed by atoms with E-state index in [4.69, 9.17) is 0 Å². The third kappa shape index (κ3) is 14.7. The summed E-state index contributed by atoms with van der Waals surface area (Å²) >= 11 is 0. The molecule has 3 nitrogen and oxygen atoms in total. The molecule has 2 rings (SSSR count). The van der Waals surface area contributed by atoms with E-state index in [2.05, 4.69) is 53.3 Å². The molecule has 0 aliphatic rings. The standard InChI is InChI=1S/C33H56N2O/c1-2-3-4-5-6-7-8-9-10-11-12-13-14-15-16-17-18-19-20-21-26-33(36)34-28-30-35-29-27-31-24-22-23-25-32(31)35/h22-25,27,29H,2-21,26,28,30H2,1H3,(H,34,36). The van der Waals surface area contributed by atoms with Gasteiger partial charge in [-0.1, -0.05) is 147 Å². The first kappa shape index (κ1) is 30.5. The first-order chi connectivity index (χ1) is 17.8. The molecule has 0 saturated carbocycles. The number of benzene rings is 1. The predicted molar refractivity (Wildman–Crippen MR) is 158 cm³/mol. The van der Waals surface area contributed by atoms with E-state index >= 15 is 0 Å². The molecule has 0 saturated heterocycles. The van der Waals surface area contributed by atoms with Crippen molar-refractivity contribution in [2.24, 2.45) is 0 Å². The Bertz CT molecular complexity index is 781. The van der Waals surface area contributed by atoms with Crippen molar-refractivity contribution in [3.63, 3.8) is 0 Å². The summed E-state index contributed by atoms with van der Waals surface area (Å²) in [6.45, 7) is 3.83. The van der Waals surface area contributed by atoms with Gasteiger partial charge in [0.15, 0.2) is 0 Å². The van der Waals surface area contributed by atoms with Gasteiger partial charge in [0, 0.05) is 31.2 Å². The monoisotopic (exact) mass is 496 g/mol. The van der Waals surface area contributed by atoms with E-state index in [1.54, 1.807) is 0 Å². The summed E-state index contributed by atoms with van der Waals surface area (Å²) in [5.74, 6) is 0.203. The minimum atomic E-state index is 0.203. The molecule has 1 N–H and O–H groups in total. The van der Waals surface area contributed by atoms with Crippen LogP contribution >= 0.6 is 0 Å². The molecular formula is C33H56N2O. The van der Waals surface area contributed by atoms with Gasteiger partial charge in [0.1, 0.15) is 0 Å². The van der Waals surface area contributed by atoms with Crippen LogP contribution in [0.25, 0.3) is 10.9 Å². The van der Waals surface area contributed by atoms with Crippen molar-refractivity contribution in [3.8, 4) is 0 Å². The third-order valence-corrected chi connectivity index (χ3v) is 7.61. The fourth-order valence-electron chi connectivity index (χ4n) is 5.28. The summed E-state index contributed by atoms with van der Waals surface area (Å²) in [4.78, 5) is 12.1. The fraction of sp³-hybridized carbons (Fsp3) is 0.727. The number of fused-ring (bicyclic) bond motifs is 1. The van der Waals surface area contributed by atoms with Crippen molar-refractivity contribution in [3.05, 3.63) is 36.5 Å². The van der Waals surface area contributed by atoms with Gasteiger partial charge in [0.05, 0.1) is 0 Å². The third-order valence-electron chi connectivity index (χ3n) is 7.61. The number of aromatic nitrogens is 1. The van der Waals surface area contributed by atoms with E-state index < -0.39 is 0 Å². The maximum Gasteiger partial charge on any atom is 0.220 e. The summed E-state index contributed by atoms with van der Waals surface area (Å²) in [6, 6.07) is 10.5. The molecule has 2 aromatic rings. The van der Waals surface area contributed by atoms with Crippen LogP contribution in [-0.4, -0.2) is 17.0 Å². The highest BCUT2D eigenvalue weighted by Crippen LogP contribution is 2.16. The number of hydrogen-bond acceptors (Lipinski definition) is 1. The Labute approximate surface area is 222 Å². The molecule has 1 amide bonds. The molecule has 0 radical (unpaired) electrons. The highest BCUT2D eigenvalue weighted by molar-refractivity contribution is 5.80. The maximum atomic E-state index is 12.1. The van der Waals surface area contributed by atoms with Gasteiger partial charge in [0.25, 0.3) is 0 Å². The molecule has 0 aliphatic heterocycles. The fourth-order valence-corrected chi connectivity index (χ4v) is 5.28. The molecule has 0 fully saturated rings. The van der Waals surface area contributed by atoms with Crippen molar-refractivity contribution in [2.75, 3.05) is 6.54 Å². The van der Waals surface area contributed by atoms with Crippen LogP contribution in [0.4, 0.5) is 0 Å². The van der Waals surface area contributed by atoms with E-state index in [0.29, 0.717) is 13.0 Å². The van der Waals surface area contributed by atoms with Crippen LogP contribution in [0.2, 0.25) is 0 Å². The van der Waals surface area contributed by atoms with E-state index in [0.717, 1.165) is 13.0 Å². The number of hydrogen-bond donors (Lipinski definition) is 1. The number of para-hydroxylation sites is 1. The van der Waals surface area contributed by atoms with Crippen LogP contribution in [0, 0.1) is 0 Å². The average molecular weight is 497 g/mol. The van der Waals surface area contributed by atoms with Crippen LogP contribution in [0.3, 0.4) is 0 Å². The lowest BCUT2D eigenvalue weighted by atomic mass is 10.0. The summed E-state index contributed by atoms with van der Waals surface area (Å²) in [6.07, 6.45) is 30.5. The van der Waals surface area contributed by atoms with Crippen LogP contribution in [0.15, 0.2) is 36.5 Å². The van der Waals surface area contributed by atoms with Gasteiger partial charge in [-0.2, -0.15) is 0 Å². The summed E-state index contributed by atoms with van der Waals surface area (Å²) in [7, 11) is 0. The van der Waals surface area contributed by atoms with E-state index in [1.807, 2.05) is 0 Å². The largest absolute Gasteiger partial charge is 0.354 e. The second-order valence-electron chi connectivity index (χ2n) is 10.9. The zero-order valence-electron chi connectivity index (χ0n) is 23.6. The Hall–Kier alpha value is -1.77. The molecule has 0 bridgehead atoms. The van der Waals surface area contributed by atoms with Crippen LogP contribution < -0.4 is 5.32 Å². The molecule has 0 atom stereocenters. The van der Waals surface area contributed by atoms with Gasteiger partial charge >= 0.3 is 0 Å². The summed E-state index contributed by atoms with van der Waals surface area (Å²) in [5.41, 5.74) is 1.24. The van der Waals surface area contributed by atoms with Crippen molar-refractivity contribution in [1.29, 1.82) is 0 Å². The normalized spacial score (nSPS) is 11.4. The number of carbonyl (C=O) groups excluding carboxylic acids is 1. The minimum Gasteiger partial charge on any atom is -0.354 e. The highest BCUT2D eigenvalue weighted by atomic mass is 16.1. The second-order valence-corrected chi connectivity index (χ2v) is 10.9. The lowest BCUT2D eigenvalue weighted by Crippen LogP contribution is -2.26. The topological polar surface area (TPSA) is 34.0 Å². The van der Waals surface area contributed by atoms with E-state index in [9.17, 15) is 4.79 Å². The van der Waals surface area contributed by atoms with Crippen LogP contribution in [0.1, 0.15) is 142 Å². The Kier molecular flexibility index (Phi) is 18.0. The van der Waals surface area contributed by atoms with Gasteiger partial charge in [0.2, 0.25) is 5.91 Å². The molecule has 0 aliphatic carbocycles. The summed E-state index contributed by atoms with van der Waals surface area (Å²) < 4.78 is 2.22. The number of amides is 1. The number of nitrogens with zero attached hydrogens (tertiary/aromatic N) is 1. The molecule has 36 heavy (non-hydrogen) atoms. The zero-order chi connectivity index (χ0) is 25.5. The van der Waals surface area contributed by atoms with Crippen LogP contribution in [0.5, 0.6) is 0 Å². The molecule has 0 spiro atoms. The van der Waals surface area contributed by atoms with Gasteiger partial charge < -0.3 is 9.88 Å². The molecule has 3 heteroatoms. The molecular weight excluding hydrogens is 440 g/mol. The van der Waals surface area contributed by atoms with Crippen molar-refractivity contribution in [1.82, 2.24) is 9.88 Å². The molecule has 1 aromatic heterocycles. The molecule has 0 unspecified atom stereocenters. The van der Waals surface area contributed by atoms with Gasteiger partial charge in [-0.3, -0.25) is 4.79 Å². The molecule has 1 heterocycles. The zero-order valence-corrected chi connectivity index (χ0v) is 23.6. The number of carbonyl (C=O) groups is 1. The first-order valence-corrected chi connectivity index (χ1v) is 15.6. The smallest absolute Gasteiger partial charge is 0.220 e. The van der Waals surface area contributed by atoms with Crippen molar-refractivity contribution < 1.29 is 4.79 Å². The first-order valence-electron chi connectivity index (χ1n) is 15.6. The SMILES string of the molecule is CCCCCCCCCCCCCCCCCCCCCCC(=O)NCCn1ccc2ccccc21. The average Bonchev–Trinajstić information content (AvgIpc) is 3.30. The number of rotatable bonds is 24. The van der Waals surface area contributed by atoms with Crippen molar-refractivity contribution in [2.45, 2.75) is 148 Å². The molecule has 1 aromatic carbocycles. The predicted octanol–water partition coefficient (Wildman–Crippen LogP) is 9.97. The molecule has 204 valence electrons. The van der Waals surface area contributed by atoms with Gasteiger partial charge in [-0.05, 0) is 23.9 Å². The Morgan fingerprint density at radius 1 is 0.639 bits per heavy atom. The lowest BCUT2D eigenvalue weighted by molar-refractivity contribution is -0.121.